The van der Waals surface area contributed by atoms with E-state index in [4.69, 9.17) is 11.6 Å². The molecule has 0 N–H and O–H groups in total. The van der Waals surface area contributed by atoms with E-state index in [-0.39, 0.29) is 5.69 Å². The van der Waals surface area contributed by atoms with E-state index in [0.29, 0.717) is 16.3 Å². The summed E-state index contributed by atoms with van der Waals surface area (Å²) >= 11 is 5.96. The number of nitro benzene ring substituents is 1. The molecule has 5 nitrogen and oxygen atoms in total. The molecule has 18 heavy (non-hydrogen) atoms. The standard InChI is InChI=1S/C12H8ClN3O2/c13-12-4-3-11(16(17)18)7-9(12)1-2-10-8-14-5-6-15-10/h1-8H. The van der Waals surface area contributed by atoms with Gasteiger partial charge < -0.3 is 0 Å². The molecule has 0 unspecified atom stereocenters. The summed E-state index contributed by atoms with van der Waals surface area (Å²) < 4.78 is 0. The van der Waals surface area contributed by atoms with E-state index in [2.05, 4.69) is 9.97 Å². The molecule has 0 radical (unpaired) electrons. The summed E-state index contributed by atoms with van der Waals surface area (Å²) in [5, 5.41) is 11.1. The average Bonchev–Trinajstić information content (AvgIpc) is 2.38. The summed E-state index contributed by atoms with van der Waals surface area (Å²) in [7, 11) is 0. The van der Waals surface area contributed by atoms with Crippen molar-refractivity contribution in [2.45, 2.75) is 0 Å². The van der Waals surface area contributed by atoms with E-state index in [1.807, 2.05) is 0 Å². The third-order valence-electron chi connectivity index (χ3n) is 2.21. The highest BCUT2D eigenvalue weighted by Gasteiger charge is 2.07. The minimum atomic E-state index is -0.462. The van der Waals surface area contributed by atoms with Crippen LogP contribution < -0.4 is 0 Å². The zero-order valence-electron chi connectivity index (χ0n) is 9.15. The first-order valence-corrected chi connectivity index (χ1v) is 5.42. The maximum absolute atomic E-state index is 10.7. The number of aromatic nitrogens is 2. The van der Waals surface area contributed by atoms with Crippen molar-refractivity contribution in [1.82, 2.24) is 9.97 Å². The van der Waals surface area contributed by atoms with Gasteiger partial charge in [-0.3, -0.25) is 20.1 Å². The maximum Gasteiger partial charge on any atom is 0.270 e. The predicted octanol–water partition coefficient (Wildman–Crippen LogP) is 3.21. The van der Waals surface area contributed by atoms with Crippen LogP contribution in [0.2, 0.25) is 5.02 Å². The highest BCUT2D eigenvalue weighted by atomic mass is 35.5. The Morgan fingerprint density at radius 2 is 2.11 bits per heavy atom. The molecule has 0 spiro atoms. The lowest BCUT2D eigenvalue weighted by molar-refractivity contribution is -0.384. The van der Waals surface area contributed by atoms with Crippen LogP contribution in [-0.2, 0) is 0 Å². The molecule has 1 heterocycles. The number of nitrogens with zero attached hydrogens (tertiary/aromatic N) is 3. The molecule has 0 aliphatic rings. The number of rotatable bonds is 3. The fourth-order valence-corrected chi connectivity index (χ4v) is 1.52. The third-order valence-corrected chi connectivity index (χ3v) is 2.55. The first kappa shape index (κ1) is 12.2. The van der Waals surface area contributed by atoms with Gasteiger partial charge in [-0.25, -0.2) is 0 Å². The van der Waals surface area contributed by atoms with E-state index >= 15 is 0 Å². The molecule has 0 fully saturated rings. The van der Waals surface area contributed by atoms with Crippen molar-refractivity contribution >= 4 is 29.4 Å². The van der Waals surface area contributed by atoms with Gasteiger partial charge in [-0.05, 0) is 17.7 Å². The van der Waals surface area contributed by atoms with Gasteiger partial charge in [0.15, 0.2) is 0 Å². The Hall–Kier alpha value is -2.27. The lowest BCUT2D eigenvalue weighted by Gasteiger charge is -1.98. The van der Waals surface area contributed by atoms with Gasteiger partial charge in [0.05, 0.1) is 16.8 Å². The van der Waals surface area contributed by atoms with Gasteiger partial charge in [-0.15, -0.1) is 0 Å². The molecule has 2 rings (SSSR count). The van der Waals surface area contributed by atoms with Crippen molar-refractivity contribution < 1.29 is 4.92 Å². The molecule has 90 valence electrons. The van der Waals surface area contributed by atoms with Crippen LogP contribution in [-0.4, -0.2) is 14.9 Å². The molecular weight excluding hydrogens is 254 g/mol. The molecule has 0 aliphatic heterocycles. The first-order valence-electron chi connectivity index (χ1n) is 5.05. The van der Waals surface area contributed by atoms with E-state index in [1.165, 1.54) is 18.2 Å². The van der Waals surface area contributed by atoms with Crippen LogP contribution in [0.4, 0.5) is 5.69 Å². The second kappa shape index (κ2) is 5.37. The first-order chi connectivity index (χ1) is 8.66. The van der Waals surface area contributed by atoms with Crippen molar-refractivity contribution in [3.05, 3.63) is 63.2 Å². The van der Waals surface area contributed by atoms with Gasteiger partial charge in [0.25, 0.3) is 5.69 Å². The Labute approximate surface area is 108 Å². The largest absolute Gasteiger partial charge is 0.270 e. The van der Waals surface area contributed by atoms with Crippen LogP contribution in [0.25, 0.3) is 12.2 Å². The summed E-state index contributed by atoms with van der Waals surface area (Å²) in [4.78, 5) is 18.2. The molecule has 0 atom stereocenters. The Morgan fingerprint density at radius 1 is 1.28 bits per heavy atom. The van der Waals surface area contributed by atoms with Crippen LogP contribution in [0, 0.1) is 10.1 Å². The number of nitro groups is 1. The number of hydrogen-bond acceptors (Lipinski definition) is 4. The van der Waals surface area contributed by atoms with Crippen molar-refractivity contribution in [3.63, 3.8) is 0 Å². The van der Waals surface area contributed by atoms with Gasteiger partial charge >= 0.3 is 0 Å². The van der Waals surface area contributed by atoms with E-state index in [0.717, 1.165) is 0 Å². The minimum Gasteiger partial charge on any atom is -0.261 e. The number of benzene rings is 1. The Kier molecular flexibility index (Phi) is 3.64. The van der Waals surface area contributed by atoms with Crippen molar-refractivity contribution in [1.29, 1.82) is 0 Å². The molecule has 6 heteroatoms. The summed E-state index contributed by atoms with van der Waals surface area (Å²) in [6.07, 6.45) is 8.07. The number of halogens is 1. The van der Waals surface area contributed by atoms with Crippen LogP contribution >= 0.6 is 11.6 Å². The fourth-order valence-electron chi connectivity index (χ4n) is 1.34. The highest BCUT2D eigenvalue weighted by Crippen LogP contribution is 2.23. The summed E-state index contributed by atoms with van der Waals surface area (Å²) in [6.45, 7) is 0. The zero-order chi connectivity index (χ0) is 13.0. The van der Waals surface area contributed by atoms with Gasteiger partial charge in [-0.2, -0.15) is 0 Å². The minimum absolute atomic E-state index is 0.00167. The summed E-state index contributed by atoms with van der Waals surface area (Å²) in [5.41, 5.74) is 1.22. The quantitative estimate of drug-likeness (QED) is 0.628. The van der Waals surface area contributed by atoms with E-state index in [9.17, 15) is 10.1 Å². The van der Waals surface area contributed by atoms with Crippen LogP contribution in [0.1, 0.15) is 11.3 Å². The molecule has 0 saturated heterocycles. The van der Waals surface area contributed by atoms with E-state index in [1.54, 1.807) is 30.7 Å². The molecule has 2 aromatic rings. The van der Waals surface area contributed by atoms with Gasteiger partial charge in [0.1, 0.15) is 0 Å². The topological polar surface area (TPSA) is 68.9 Å². The SMILES string of the molecule is O=[N+]([O-])c1ccc(Cl)c(C=Cc2cnccn2)c1. The third kappa shape index (κ3) is 2.89. The Balaban J connectivity index is 2.31. The molecule has 0 amide bonds. The molecule has 0 bridgehead atoms. The van der Waals surface area contributed by atoms with Crippen molar-refractivity contribution in [2.24, 2.45) is 0 Å². The van der Waals surface area contributed by atoms with Gasteiger partial charge in [0, 0.05) is 29.5 Å². The number of non-ortho nitro benzene ring substituents is 1. The molecule has 0 aliphatic carbocycles. The molecule has 0 saturated carbocycles. The maximum atomic E-state index is 10.7. The normalized spacial score (nSPS) is 10.7. The molecular formula is C12H8ClN3O2. The smallest absolute Gasteiger partial charge is 0.261 e. The highest BCUT2D eigenvalue weighted by molar-refractivity contribution is 6.32. The van der Waals surface area contributed by atoms with Crippen LogP contribution in [0.3, 0.4) is 0 Å². The summed E-state index contributed by atoms with van der Waals surface area (Å²) in [5.74, 6) is 0. The zero-order valence-corrected chi connectivity index (χ0v) is 9.91. The van der Waals surface area contributed by atoms with E-state index < -0.39 is 4.92 Å². The van der Waals surface area contributed by atoms with Crippen LogP contribution in [0.15, 0.2) is 36.8 Å². The van der Waals surface area contributed by atoms with Gasteiger partial charge in [0.2, 0.25) is 0 Å². The molecule has 1 aromatic carbocycles. The Morgan fingerprint density at radius 3 is 2.78 bits per heavy atom. The van der Waals surface area contributed by atoms with Gasteiger partial charge in [-0.1, -0.05) is 17.7 Å². The lowest BCUT2D eigenvalue weighted by Crippen LogP contribution is -1.88. The van der Waals surface area contributed by atoms with Crippen molar-refractivity contribution in [2.75, 3.05) is 0 Å². The monoisotopic (exact) mass is 261 g/mol. The second-order valence-electron chi connectivity index (χ2n) is 3.43. The average molecular weight is 262 g/mol. The molecule has 1 aromatic heterocycles. The number of hydrogen-bond donors (Lipinski definition) is 0. The second-order valence-corrected chi connectivity index (χ2v) is 3.83. The van der Waals surface area contributed by atoms with Crippen molar-refractivity contribution in [3.8, 4) is 0 Å². The fraction of sp³-hybridized carbons (Fsp3) is 0. The predicted molar refractivity (Wildman–Crippen MR) is 69.1 cm³/mol. The summed E-state index contributed by atoms with van der Waals surface area (Å²) in [6, 6.07) is 4.27. The van der Waals surface area contributed by atoms with Crippen LogP contribution in [0.5, 0.6) is 0 Å². The Bertz CT molecular complexity index is 600. The lowest BCUT2D eigenvalue weighted by atomic mass is 10.2.